The van der Waals surface area contributed by atoms with Crippen molar-refractivity contribution in [1.82, 2.24) is 34.5 Å². The van der Waals surface area contributed by atoms with Crippen LogP contribution in [0.15, 0.2) is 150 Å². The Morgan fingerprint density at radius 2 is 0.968 bits per heavy atom. The Labute approximate surface area is 346 Å². The van der Waals surface area contributed by atoms with Crippen molar-refractivity contribution in [3.63, 3.8) is 0 Å². The molecule has 0 radical (unpaired) electrons. The molecule has 316 valence electrons. The molecule has 62 heavy (non-hydrogen) atoms. The first-order chi connectivity index (χ1) is 29.8. The highest BCUT2D eigenvalue weighted by molar-refractivity contribution is 5.87. The minimum atomic E-state index is -4.75. The number of hydrogen-bond donors (Lipinski definition) is 0. The largest absolute Gasteiger partial charge is 0.573 e. The maximum absolute atomic E-state index is 12.8. The smallest absolute Gasteiger partial charge is 0.476 e. The molecule has 0 aliphatic rings. The molecule has 4 aromatic carbocycles. The summed E-state index contributed by atoms with van der Waals surface area (Å²) < 4.78 is 95.3. The van der Waals surface area contributed by atoms with E-state index in [9.17, 15) is 35.9 Å². The van der Waals surface area contributed by atoms with Crippen LogP contribution in [-0.2, 0) is 13.1 Å². The van der Waals surface area contributed by atoms with Gasteiger partial charge in [0.15, 0.2) is 0 Å². The molecule has 0 amide bonds. The van der Waals surface area contributed by atoms with E-state index in [1.807, 2.05) is 0 Å². The summed E-state index contributed by atoms with van der Waals surface area (Å²) in [6, 6.07) is 26.6. The topological polar surface area (TPSA) is 145 Å². The first-order valence-electron chi connectivity index (χ1n) is 18.4. The van der Waals surface area contributed by atoms with Crippen molar-refractivity contribution in [2.24, 2.45) is 0 Å². The van der Waals surface area contributed by atoms with Gasteiger partial charge in [-0.2, -0.15) is 10.2 Å². The second-order valence-electron chi connectivity index (χ2n) is 13.0. The van der Waals surface area contributed by atoms with Crippen molar-refractivity contribution >= 4 is 21.5 Å². The zero-order valence-corrected chi connectivity index (χ0v) is 32.0. The van der Waals surface area contributed by atoms with Gasteiger partial charge in [-0.05, 0) is 64.7 Å². The number of fused-ring (bicyclic) bond motifs is 2. The maximum atomic E-state index is 12.8. The molecule has 8 rings (SSSR count). The summed E-state index contributed by atoms with van der Waals surface area (Å²) in [4.78, 5) is 37.6. The first kappa shape index (κ1) is 42.3. The van der Waals surface area contributed by atoms with Crippen LogP contribution in [-0.4, -0.2) is 60.5 Å². The number of ether oxygens (including phenoxy) is 4. The molecule has 4 aromatic heterocycles. The summed E-state index contributed by atoms with van der Waals surface area (Å²) in [6.07, 6.45) is -0.240. The van der Waals surface area contributed by atoms with E-state index in [1.165, 1.54) is 76.5 Å². The summed E-state index contributed by atoms with van der Waals surface area (Å²) in [5.74, 6) is 0.177. The fourth-order valence-electron chi connectivity index (χ4n) is 6.00. The quantitative estimate of drug-likeness (QED) is 0.110. The molecule has 0 bridgehead atoms. The van der Waals surface area contributed by atoms with Crippen LogP contribution in [0.3, 0.4) is 0 Å². The van der Waals surface area contributed by atoms with Crippen molar-refractivity contribution in [3.8, 4) is 45.5 Å². The Hall–Kier alpha value is -7.83. The van der Waals surface area contributed by atoms with Crippen LogP contribution in [0.4, 0.5) is 26.3 Å². The van der Waals surface area contributed by atoms with Crippen LogP contribution >= 0.6 is 0 Å². The third kappa shape index (κ3) is 11.3. The number of nitrogens with zero attached hydrogens (tertiary/aromatic N) is 7. The van der Waals surface area contributed by atoms with Gasteiger partial charge in [0.1, 0.15) is 24.7 Å². The SMILES string of the molecule is O=c1c2cc(-c3ccc(OC(F)(F)F)cc3)ccc2cnn1CCOc1ccccn1.O=c1c2cc(-c3ccc(OC(F)(F)F)cc3)ccc2cnn1CCOc1cnccn1. The number of benzene rings is 4. The predicted molar refractivity (Wildman–Crippen MR) is 214 cm³/mol. The molecule has 0 fully saturated rings. The lowest BCUT2D eigenvalue weighted by atomic mass is 10.0. The fourth-order valence-corrected chi connectivity index (χ4v) is 6.00. The first-order valence-corrected chi connectivity index (χ1v) is 18.4. The van der Waals surface area contributed by atoms with E-state index in [-0.39, 0.29) is 48.9 Å². The van der Waals surface area contributed by atoms with Gasteiger partial charge in [-0.25, -0.2) is 19.3 Å². The van der Waals surface area contributed by atoms with Crippen LogP contribution in [0.2, 0.25) is 0 Å². The Bertz CT molecular complexity index is 2680. The fraction of sp³-hybridized carbons (Fsp3) is 0.140. The second-order valence-corrected chi connectivity index (χ2v) is 13.0. The van der Waals surface area contributed by atoms with E-state index < -0.39 is 12.7 Å². The van der Waals surface area contributed by atoms with Gasteiger partial charge in [-0.3, -0.25) is 14.6 Å². The molecular weight excluding hydrogens is 825 g/mol. The van der Waals surface area contributed by atoms with Crippen LogP contribution in [0.1, 0.15) is 0 Å². The van der Waals surface area contributed by atoms with Crippen LogP contribution in [0.25, 0.3) is 43.8 Å². The molecule has 0 atom stereocenters. The third-order valence-corrected chi connectivity index (χ3v) is 8.83. The lowest BCUT2D eigenvalue weighted by Crippen LogP contribution is -2.25. The number of pyridine rings is 1. The number of halogens is 6. The number of rotatable bonds is 12. The van der Waals surface area contributed by atoms with Gasteiger partial charge in [0.2, 0.25) is 11.8 Å². The van der Waals surface area contributed by atoms with Gasteiger partial charge in [-0.15, -0.1) is 26.3 Å². The molecule has 0 aliphatic carbocycles. The number of hydrogen-bond acceptors (Lipinski definition) is 11. The summed E-state index contributed by atoms with van der Waals surface area (Å²) in [7, 11) is 0. The molecule has 0 N–H and O–H groups in total. The van der Waals surface area contributed by atoms with E-state index in [0.29, 0.717) is 55.6 Å². The molecule has 0 unspecified atom stereocenters. The van der Waals surface area contributed by atoms with Gasteiger partial charge in [0.25, 0.3) is 11.1 Å². The Morgan fingerprint density at radius 3 is 1.40 bits per heavy atom. The second kappa shape index (κ2) is 18.6. The van der Waals surface area contributed by atoms with Gasteiger partial charge in [-0.1, -0.05) is 54.6 Å². The number of aromatic nitrogens is 7. The zero-order valence-electron chi connectivity index (χ0n) is 32.0. The predicted octanol–water partition coefficient (Wildman–Crippen LogP) is 8.27. The molecular formula is C43H31F6N7O6. The highest BCUT2D eigenvalue weighted by atomic mass is 19.4. The van der Waals surface area contributed by atoms with Gasteiger partial charge >= 0.3 is 12.7 Å². The molecule has 19 heteroatoms. The lowest BCUT2D eigenvalue weighted by molar-refractivity contribution is -0.275. The van der Waals surface area contributed by atoms with Crippen molar-refractivity contribution in [2.45, 2.75) is 25.8 Å². The van der Waals surface area contributed by atoms with Crippen molar-refractivity contribution in [3.05, 3.63) is 161 Å². The Kier molecular flexibility index (Phi) is 12.7. The highest BCUT2D eigenvalue weighted by Gasteiger charge is 2.31. The highest BCUT2D eigenvalue weighted by Crippen LogP contribution is 2.29. The molecule has 13 nitrogen and oxygen atoms in total. The van der Waals surface area contributed by atoms with E-state index >= 15 is 0 Å². The maximum Gasteiger partial charge on any atom is 0.573 e. The lowest BCUT2D eigenvalue weighted by Gasteiger charge is -2.10. The van der Waals surface area contributed by atoms with Crippen molar-refractivity contribution in [1.29, 1.82) is 0 Å². The zero-order chi connectivity index (χ0) is 43.7. The third-order valence-electron chi connectivity index (χ3n) is 8.83. The molecule has 0 saturated heterocycles. The molecule has 0 spiro atoms. The van der Waals surface area contributed by atoms with Crippen LogP contribution < -0.4 is 30.1 Å². The number of alkyl halides is 6. The van der Waals surface area contributed by atoms with Gasteiger partial charge in [0.05, 0.1) is 42.5 Å². The summed E-state index contributed by atoms with van der Waals surface area (Å²) in [5.41, 5.74) is 2.06. The summed E-state index contributed by atoms with van der Waals surface area (Å²) in [5, 5.41) is 10.5. The average Bonchev–Trinajstić information content (AvgIpc) is 3.26. The molecule has 0 aliphatic heterocycles. The van der Waals surface area contributed by atoms with Crippen LogP contribution in [0.5, 0.6) is 23.3 Å². The average molecular weight is 856 g/mol. The Morgan fingerprint density at radius 1 is 0.500 bits per heavy atom. The van der Waals surface area contributed by atoms with E-state index in [1.54, 1.807) is 73.2 Å². The van der Waals surface area contributed by atoms with E-state index in [4.69, 9.17) is 9.47 Å². The summed E-state index contributed by atoms with van der Waals surface area (Å²) >= 11 is 0. The normalized spacial score (nSPS) is 11.5. The monoisotopic (exact) mass is 855 g/mol. The minimum absolute atomic E-state index is 0.178. The van der Waals surface area contributed by atoms with E-state index in [0.717, 1.165) is 0 Å². The van der Waals surface area contributed by atoms with Crippen molar-refractivity contribution in [2.75, 3.05) is 13.2 Å². The van der Waals surface area contributed by atoms with Gasteiger partial charge in [0, 0.05) is 35.4 Å². The van der Waals surface area contributed by atoms with Crippen molar-refractivity contribution < 1.29 is 45.3 Å². The molecule has 8 aromatic rings. The van der Waals surface area contributed by atoms with Gasteiger partial charge < -0.3 is 18.9 Å². The van der Waals surface area contributed by atoms with E-state index in [2.05, 4.69) is 34.6 Å². The standard InChI is InChI=1S/C22H16F3N3O3.C21H15F3N4O3/c23-22(24,25)31-18-8-6-15(7-9-18)16-4-5-17-14-27-28(21(29)19(17)13-16)11-12-30-20-3-1-2-10-26-20;22-21(23,24)31-17-5-3-14(4-6-17)15-1-2-16-12-27-28(20(29)18(16)11-15)9-10-30-19-13-25-7-8-26-19/h1-10,13-14H,11-12H2;1-8,11-13H,9-10H2. The minimum Gasteiger partial charge on any atom is -0.476 e. The molecule has 4 heterocycles. The molecule has 0 saturated carbocycles. The van der Waals surface area contributed by atoms with Crippen LogP contribution in [0, 0.1) is 0 Å². The summed E-state index contributed by atoms with van der Waals surface area (Å²) in [6.45, 7) is 0.839. The Balaban J connectivity index is 0.000000186.